The third-order valence-corrected chi connectivity index (χ3v) is 11.4. The minimum Gasteiger partial charge on any atom is -0.296 e. The van der Waals surface area contributed by atoms with Crippen LogP contribution in [0.5, 0.6) is 0 Å². The minimum atomic E-state index is -3.92. The molecule has 0 amide bonds. The van der Waals surface area contributed by atoms with E-state index in [9.17, 15) is 25.6 Å². The van der Waals surface area contributed by atoms with Crippen LogP contribution in [0, 0.1) is 0 Å². The van der Waals surface area contributed by atoms with Gasteiger partial charge in [-0.3, -0.25) is 4.40 Å². The fraction of sp³-hybridized carbons (Fsp3) is 0.500. The Morgan fingerprint density at radius 3 is 2.46 bits per heavy atom. The Balaban J connectivity index is 1.63. The number of nitrogens with zero attached hydrogens (tertiary/aromatic N) is 5. The summed E-state index contributed by atoms with van der Waals surface area (Å²) in [6, 6.07) is 1.55. The summed E-state index contributed by atoms with van der Waals surface area (Å²) < 4.78 is 83.8. The second kappa shape index (κ2) is 9.15. The van der Waals surface area contributed by atoms with Crippen LogP contribution in [-0.4, -0.2) is 64.6 Å². The van der Waals surface area contributed by atoms with Crippen molar-refractivity contribution >= 4 is 42.5 Å². The van der Waals surface area contributed by atoms with E-state index in [1.165, 1.54) is 21.1 Å². The molecular formula is C22H26F2N6O4S3. The SMILES string of the molecule is CC(C)S(=O)(=O)N1CC=C(c2cc(S(=O)(=O)NC3(C)CC3)cn3c(-c4nnc(C(F)F)s4)ncc23)CC1. The third-order valence-electron chi connectivity index (χ3n) is 6.60. The Morgan fingerprint density at radius 2 is 1.89 bits per heavy atom. The number of sulfonamides is 2. The Hall–Kier alpha value is -2.33. The summed E-state index contributed by atoms with van der Waals surface area (Å²) in [5.41, 5.74) is 1.38. The third kappa shape index (κ3) is 4.94. The molecule has 0 atom stereocenters. The molecule has 15 heteroatoms. The van der Waals surface area contributed by atoms with Gasteiger partial charge in [-0.15, -0.1) is 10.2 Å². The molecule has 1 N–H and O–H groups in total. The number of rotatable bonds is 8. The lowest BCUT2D eigenvalue weighted by molar-refractivity contribution is 0.150. The Labute approximate surface area is 217 Å². The van der Waals surface area contributed by atoms with Gasteiger partial charge >= 0.3 is 0 Å². The van der Waals surface area contributed by atoms with Crippen molar-refractivity contribution in [1.29, 1.82) is 0 Å². The largest absolute Gasteiger partial charge is 0.296 e. The smallest absolute Gasteiger partial charge is 0.291 e. The number of aromatic nitrogens is 4. The average Bonchev–Trinajstić information content (AvgIpc) is 3.23. The summed E-state index contributed by atoms with van der Waals surface area (Å²) >= 11 is 0.685. The molecule has 37 heavy (non-hydrogen) atoms. The lowest BCUT2D eigenvalue weighted by atomic mass is 10.0. The first kappa shape index (κ1) is 26.3. The van der Waals surface area contributed by atoms with E-state index in [4.69, 9.17) is 0 Å². The minimum absolute atomic E-state index is 0.0147. The fourth-order valence-corrected chi connectivity index (χ4v) is 7.55. The highest BCUT2D eigenvalue weighted by atomic mass is 32.2. The number of hydrogen-bond acceptors (Lipinski definition) is 8. The van der Waals surface area contributed by atoms with E-state index in [0.29, 0.717) is 28.8 Å². The zero-order valence-electron chi connectivity index (χ0n) is 20.3. The van der Waals surface area contributed by atoms with E-state index in [0.717, 1.165) is 18.4 Å². The molecular weight excluding hydrogens is 546 g/mol. The number of hydrogen-bond donors (Lipinski definition) is 1. The molecule has 0 bridgehead atoms. The average molecular weight is 573 g/mol. The van der Waals surface area contributed by atoms with Crippen LogP contribution in [0.4, 0.5) is 8.78 Å². The van der Waals surface area contributed by atoms with Gasteiger partial charge in [-0.2, -0.15) is 4.31 Å². The predicted molar refractivity (Wildman–Crippen MR) is 135 cm³/mol. The number of fused-ring (bicyclic) bond motifs is 1. The Kier molecular flexibility index (Phi) is 6.50. The summed E-state index contributed by atoms with van der Waals surface area (Å²) in [4.78, 5) is 4.34. The van der Waals surface area contributed by atoms with Gasteiger partial charge < -0.3 is 0 Å². The van der Waals surface area contributed by atoms with Crippen molar-refractivity contribution in [3.63, 3.8) is 0 Å². The van der Waals surface area contributed by atoms with Crippen LogP contribution in [0.15, 0.2) is 29.4 Å². The molecule has 0 aromatic carbocycles. The predicted octanol–water partition coefficient (Wildman–Crippen LogP) is 3.45. The van der Waals surface area contributed by atoms with Crippen LogP contribution in [-0.2, 0) is 20.0 Å². The van der Waals surface area contributed by atoms with Crippen molar-refractivity contribution < 1.29 is 25.6 Å². The van der Waals surface area contributed by atoms with Gasteiger partial charge in [0.1, 0.15) is 0 Å². The summed E-state index contributed by atoms with van der Waals surface area (Å²) in [5.74, 6) is 0.191. The van der Waals surface area contributed by atoms with E-state index in [1.807, 2.05) is 6.92 Å². The molecule has 0 unspecified atom stereocenters. The fourth-order valence-electron chi connectivity index (χ4n) is 4.14. The van der Waals surface area contributed by atoms with E-state index in [2.05, 4.69) is 19.9 Å². The van der Waals surface area contributed by atoms with Gasteiger partial charge in [-0.25, -0.2) is 35.3 Å². The van der Waals surface area contributed by atoms with Crippen LogP contribution < -0.4 is 4.72 Å². The van der Waals surface area contributed by atoms with Crippen molar-refractivity contribution in [3.8, 4) is 10.8 Å². The maximum absolute atomic E-state index is 13.3. The first-order chi connectivity index (χ1) is 17.3. The van der Waals surface area contributed by atoms with Crippen molar-refractivity contribution in [2.24, 2.45) is 0 Å². The van der Waals surface area contributed by atoms with Gasteiger partial charge in [0.15, 0.2) is 15.8 Å². The van der Waals surface area contributed by atoms with Gasteiger partial charge in [-0.1, -0.05) is 17.4 Å². The molecule has 1 fully saturated rings. The molecule has 200 valence electrons. The van der Waals surface area contributed by atoms with Gasteiger partial charge in [0.05, 0.1) is 21.9 Å². The van der Waals surface area contributed by atoms with Crippen LogP contribution in [0.2, 0.25) is 0 Å². The van der Waals surface area contributed by atoms with E-state index >= 15 is 0 Å². The summed E-state index contributed by atoms with van der Waals surface area (Å²) in [6.45, 7) is 5.49. The molecule has 1 aliphatic heterocycles. The second-order valence-corrected chi connectivity index (χ2v) is 15.0. The molecule has 0 spiro atoms. The number of alkyl halides is 2. The van der Waals surface area contributed by atoms with Crippen molar-refractivity contribution in [3.05, 3.63) is 35.1 Å². The zero-order chi connectivity index (χ0) is 26.8. The van der Waals surface area contributed by atoms with Gasteiger partial charge in [0.2, 0.25) is 20.0 Å². The highest BCUT2D eigenvalue weighted by Crippen LogP contribution is 2.38. The summed E-state index contributed by atoms with van der Waals surface area (Å²) in [7, 11) is -7.36. The van der Waals surface area contributed by atoms with E-state index < -0.39 is 42.3 Å². The van der Waals surface area contributed by atoms with Gasteiger partial charge in [-0.05, 0) is 51.7 Å². The van der Waals surface area contributed by atoms with Crippen molar-refractivity contribution in [2.45, 2.75) is 62.1 Å². The molecule has 5 rings (SSSR count). The molecule has 1 saturated carbocycles. The molecule has 2 aliphatic rings. The van der Waals surface area contributed by atoms with Crippen LogP contribution in [0.1, 0.15) is 57.0 Å². The molecule has 0 radical (unpaired) electrons. The topological polar surface area (TPSA) is 127 Å². The van der Waals surface area contributed by atoms with Crippen LogP contribution >= 0.6 is 11.3 Å². The maximum Gasteiger partial charge on any atom is 0.291 e. The number of nitrogens with one attached hydrogen (secondary N) is 1. The first-order valence-electron chi connectivity index (χ1n) is 11.7. The van der Waals surface area contributed by atoms with Gasteiger partial charge in [0, 0.05) is 30.4 Å². The first-order valence-corrected chi connectivity index (χ1v) is 15.5. The highest BCUT2D eigenvalue weighted by molar-refractivity contribution is 7.89. The quantitative estimate of drug-likeness (QED) is 0.438. The molecule has 0 saturated heterocycles. The van der Waals surface area contributed by atoms with E-state index in [-0.39, 0.29) is 28.8 Å². The lowest BCUT2D eigenvalue weighted by Crippen LogP contribution is -2.39. The standard InChI is InChI=1S/C22H26F2N6O4S3/c1-13(2)37(33,34)29-8-4-14(5-9-29)16-10-15(36(31,32)28-22(3)6-7-22)12-30-17(16)11-25-19(30)21-27-26-20(35-21)18(23)24/h4,10-13,18,28H,5-9H2,1-3H3. The Morgan fingerprint density at radius 1 is 1.16 bits per heavy atom. The molecule has 1 aliphatic carbocycles. The zero-order valence-corrected chi connectivity index (χ0v) is 22.8. The van der Waals surface area contributed by atoms with Gasteiger partial charge in [0.25, 0.3) is 6.43 Å². The monoisotopic (exact) mass is 572 g/mol. The highest BCUT2D eigenvalue weighted by Gasteiger charge is 2.41. The summed E-state index contributed by atoms with van der Waals surface area (Å²) in [6.07, 6.45) is 3.73. The number of halogens is 2. The Bertz CT molecular complexity index is 1610. The summed E-state index contributed by atoms with van der Waals surface area (Å²) in [5, 5.41) is 6.48. The van der Waals surface area contributed by atoms with Crippen molar-refractivity contribution in [1.82, 2.24) is 28.6 Å². The van der Waals surface area contributed by atoms with Crippen LogP contribution in [0.25, 0.3) is 21.9 Å². The lowest BCUT2D eigenvalue weighted by Gasteiger charge is -2.28. The van der Waals surface area contributed by atoms with E-state index in [1.54, 1.807) is 26.0 Å². The number of imidazole rings is 1. The molecule has 4 heterocycles. The number of pyridine rings is 1. The molecule has 3 aromatic heterocycles. The van der Waals surface area contributed by atoms with Crippen LogP contribution in [0.3, 0.4) is 0 Å². The second-order valence-electron chi connectivity index (χ2n) is 9.77. The maximum atomic E-state index is 13.3. The molecule has 3 aromatic rings. The normalized spacial score (nSPS) is 18.6. The van der Waals surface area contributed by atoms with Crippen molar-refractivity contribution in [2.75, 3.05) is 13.1 Å². The molecule has 10 nitrogen and oxygen atoms in total.